The first-order valence-corrected chi connectivity index (χ1v) is 8.44. The van der Waals surface area contributed by atoms with E-state index in [9.17, 15) is 5.11 Å². The second-order valence-corrected chi connectivity index (χ2v) is 5.37. The topological polar surface area (TPSA) is 65.9 Å². The van der Waals surface area contributed by atoms with E-state index in [2.05, 4.69) is 22.5 Å². The van der Waals surface area contributed by atoms with Gasteiger partial charge in [-0.3, -0.25) is 4.99 Å². The first kappa shape index (κ1) is 24.2. The number of unbranched alkanes of at least 4 members (excludes halogenated alkanes) is 1. The minimum absolute atomic E-state index is 0. The maximum atomic E-state index is 10.3. The summed E-state index contributed by atoms with van der Waals surface area (Å²) in [4.78, 5) is 4.48. The van der Waals surface area contributed by atoms with Crippen molar-refractivity contribution in [2.45, 2.75) is 65.4 Å². The van der Waals surface area contributed by atoms with Gasteiger partial charge in [0.15, 0.2) is 5.96 Å². The van der Waals surface area contributed by atoms with Crippen LogP contribution in [0, 0.1) is 0 Å². The van der Waals surface area contributed by atoms with Gasteiger partial charge in [-0.2, -0.15) is 0 Å². The molecule has 0 aromatic heterocycles. The SMILES string of the molecule is CCCCOCCCNC(=NCC(O)(CC)CC)NCC.I. The van der Waals surface area contributed by atoms with Crippen LogP contribution >= 0.6 is 24.0 Å². The average molecular weight is 429 g/mol. The van der Waals surface area contributed by atoms with Crippen molar-refractivity contribution in [3.05, 3.63) is 0 Å². The molecule has 0 fully saturated rings. The second-order valence-electron chi connectivity index (χ2n) is 5.37. The Morgan fingerprint density at radius 2 is 1.68 bits per heavy atom. The third-order valence-electron chi connectivity index (χ3n) is 3.59. The van der Waals surface area contributed by atoms with E-state index in [4.69, 9.17) is 4.74 Å². The van der Waals surface area contributed by atoms with E-state index in [1.54, 1.807) is 0 Å². The van der Waals surface area contributed by atoms with Crippen LogP contribution in [0.3, 0.4) is 0 Å². The van der Waals surface area contributed by atoms with Crippen molar-refractivity contribution in [2.75, 3.05) is 32.8 Å². The van der Waals surface area contributed by atoms with E-state index >= 15 is 0 Å². The summed E-state index contributed by atoms with van der Waals surface area (Å²) in [6.07, 6.45) is 4.70. The maximum Gasteiger partial charge on any atom is 0.191 e. The molecule has 0 radical (unpaired) electrons. The van der Waals surface area contributed by atoms with Crippen LogP contribution in [0.4, 0.5) is 0 Å². The van der Waals surface area contributed by atoms with E-state index in [1.165, 1.54) is 6.42 Å². The Balaban J connectivity index is 0. The molecule has 22 heavy (non-hydrogen) atoms. The molecule has 0 saturated carbocycles. The molecule has 0 aromatic rings. The fourth-order valence-corrected chi connectivity index (χ4v) is 1.77. The van der Waals surface area contributed by atoms with Gasteiger partial charge in [0.1, 0.15) is 0 Å². The van der Waals surface area contributed by atoms with Gasteiger partial charge in [-0.05, 0) is 32.6 Å². The summed E-state index contributed by atoms with van der Waals surface area (Å²) in [5.74, 6) is 0.770. The van der Waals surface area contributed by atoms with Crippen molar-refractivity contribution in [1.29, 1.82) is 0 Å². The molecule has 3 N–H and O–H groups in total. The largest absolute Gasteiger partial charge is 0.388 e. The van der Waals surface area contributed by atoms with Crippen LogP contribution < -0.4 is 10.6 Å². The Morgan fingerprint density at radius 3 is 2.23 bits per heavy atom. The zero-order chi connectivity index (χ0) is 16.0. The van der Waals surface area contributed by atoms with Gasteiger partial charge in [0, 0.05) is 26.3 Å². The van der Waals surface area contributed by atoms with Crippen LogP contribution in [0.25, 0.3) is 0 Å². The maximum absolute atomic E-state index is 10.3. The monoisotopic (exact) mass is 429 g/mol. The average Bonchev–Trinajstić information content (AvgIpc) is 2.51. The summed E-state index contributed by atoms with van der Waals surface area (Å²) in [7, 11) is 0. The Kier molecular flexibility index (Phi) is 17.4. The molecule has 134 valence electrons. The fourth-order valence-electron chi connectivity index (χ4n) is 1.77. The highest BCUT2D eigenvalue weighted by Crippen LogP contribution is 2.14. The number of nitrogens with one attached hydrogen (secondary N) is 2. The Hall–Kier alpha value is -0.0800. The number of rotatable bonds is 12. The molecular formula is C16H36IN3O2. The highest BCUT2D eigenvalue weighted by molar-refractivity contribution is 14.0. The fraction of sp³-hybridized carbons (Fsp3) is 0.938. The van der Waals surface area contributed by atoms with E-state index in [-0.39, 0.29) is 24.0 Å². The molecule has 5 nitrogen and oxygen atoms in total. The zero-order valence-electron chi connectivity index (χ0n) is 14.8. The minimum Gasteiger partial charge on any atom is -0.388 e. The highest BCUT2D eigenvalue weighted by atomic mass is 127. The van der Waals surface area contributed by atoms with Crippen molar-refractivity contribution < 1.29 is 9.84 Å². The predicted molar refractivity (Wildman–Crippen MR) is 105 cm³/mol. The Labute approximate surface area is 153 Å². The van der Waals surface area contributed by atoms with Gasteiger partial charge in [-0.15, -0.1) is 24.0 Å². The highest BCUT2D eigenvalue weighted by Gasteiger charge is 2.21. The lowest BCUT2D eigenvalue weighted by Gasteiger charge is -2.23. The molecule has 0 aliphatic rings. The van der Waals surface area contributed by atoms with Crippen LogP contribution in [-0.2, 0) is 4.74 Å². The summed E-state index contributed by atoms with van der Waals surface area (Å²) in [6, 6.07) is 0. The first-order valence-electron chi connectivity index (χ1n) is 8.44. The molecule has 0 atom stereocenters. The van der Waals surface area contributed by atoms with Crippen molar-refractivity contribution in [1.82, 2.24) is 10.6 Å². The van der Waals surface area contributed by atoms with Crippen LogP contribution in [0.1, 0.15) is 59.8 Å². The number of hydrogen-bond acceptors (Lipinski definition) is 3. The standard InChI is InChI=1S/C16H35N3O2.HI/c1-5-9-12-21-13-10-11-18-15(17-8-4)19-14-16(20,6-2)7-3;/h20H,5-14H2,1-4H3,(H2,17,18,19);1H. The van der Waals surface area contributed by atoms with Crippen molar-refractivity contribution in [2.24, 2.45) is 4.99 Å². The smallest absolute Gasteiger partial charge is 0.191 e. The molecule has 0 unspecified atom stereocenters. The van der Waals surface area contributed by atoms with Gasteiger partial charge >= 0.3 is 0 Å². The molecule has 0 aliphatic heterocycles. The van der Waals surface area contributed by atoms with Crippen LogP contribution in [0.2, 0.25) is 0 Å². The molecule has 0 bridgehead atoms. The molecule has 0 rings (SSSR count). The normalized spacial score (nSPS) is 12.0. The van der Waals surface area contributed by atoms with Gasteiger partial charge in [0.25, 0.3) is 0 Å². The van der Waals surface area contributed by atoms with E-state index in [0.29, 0.717) is 6.54 Å². The Morgan fingerprint density at radius 1 is 1.05 bits per heavy atom. The molecule has 0 heterocycles. The molecule has 0 saturated heterocycles. The van der Waals surface area contributed by atoms with Crippen LogP contribution in [-0.4, -0.2) is 49.5 Å². The lowest BCUT2D eigenvalue weighted by molar-refractivity contribution is 0.0418. The lowest BCUT2D eigenvalue weighted by atomic mass is 9.98. The van der Waals surface area contributed by atoms with Crippen molar-refractivity contribution in [3.63, 3.8) is 0 Å². The van der Waals surface area contributed by atoms with E-state index in [0.717, 1.165) is 57.9 Å². The number of nitrogens with zero attached hydrogens (tertiary/aromatic N) is 1. The second kappa shape index (κ2) is 15.8. The van der Waals surface area contributed by atoms with Crippen LogP contribution in [0.15, 0.2) is 4.99 Å². The van der Waals surface area contributed by atoms with Crippen LogP contribution in [0.5, 0.6) is 0 Å². The van der Waals surface area contributed by atoms with Gasteiger partial charge in [-0.1, -0.05) is 27.2 Å². The summed E-state index contributed by atoms with van der Waals surface area (Å²) in [5.41, 5.74) is -0.689. The zero-order valence-corrected chi connectivity index (χ0v) is 17.1. The molecular weight excluding hydrogens is 393 g/mol. The number of aliphatic imine (C=N–C) groups is 1. The summed E-state index contributed by atoms with van der Waals surface area (Å²) in [5, 5.41) is 16.7. The van der Waals surface area contributed by atoms with E-state index in [1.807, 2.05) is 20.8 Å². The number of guanidine groups is 1. The predicted octanol–water partition coefficient (Wildman–Crippen LogP) is 2.92. The molecule has 6 heteroatoms. The van der Waals surface area contributed by atoms with Gasteiger partial charge in [0.2, 0.25) is 0 Å². The van der Waals surface area contributed by atoms with Gasteiger partial charge < -0.3 is 20.5 Å². The summed E-state index contributed by atoms with van der Waals surface area (Å²) >= 11 is 0. The number of hydrogen-bond donors (Lipinski definition) is 3. The molecule has 0 spiro atoms. The number of aliphatic hydroxyl groups is 1. The molecule has 0 aliphatic carbocycles. The minimum atomic E-state index is -0.689. The van der Waals surface area contributed by atoms with Crippen molar-refractivity contribution in [3.8, 4) is 0 Å². The quantitative estimate of drug-likeness (QED) is 0.193. The van der Waals surface area contributed by atoms with Gasteiger partial charge in [-0.25, -0.2) is 0 Å². The third-order valence-corrected chi connectivity index (χ3v) is 3.59. The third kappa shape index (κ3) is 12.5. The number of halogens is 1. The van der Waals surface area contributed by atoms with Gasteiger partial charge in [0.05, 0.1) is 12.1 Å². The lowest BCUT2D eigenvalue weighted by Crippen LogP contribution is -2.40. The number of ether oxygens (including phenoxy) is 1. The van der Waals surface area contributed by atoms with Crippen molar-refractivity contribution >= 4 is 29.9 Å². The molecule has 0 amide bonds. The summed E-state index contributed by atoms with van der Waals surface area (Å²) < 4.78 is 5.52. The Bertz CT molecular complexity index is 272. The molecule has 0 aromatic carbocycles. The van der Waals surface area contributed by atoms with E-state index < -0.39 is 5.60 Å². The first-order chi connectivity index (χ1) is 10.1. The summed E-state index contributed by atoms with van der Waals surface area (Å²) in [6.45, 7) is 11.9.